The molecule has 1 heterocycles. The van der Waals surface area contributed by atoms with Gasteiger partial charge in [0.05, 0.1) is 28.4 Å². The highest BCUT2D eigenvalue weighted by Gasteiger charge is 2.24. The van der Waals surface area contributed by atoms with Gasteiger partial charge in [0.2, 0.25) is 0 Å². The average molecular weight is 347 g/mol. The van der Waals surface area contributed by atoms with Crippen molar-refractivity contribution in [1.82, 2.24) is 0 Å². The van der Waals surface area contributed by atoms with Gasteiger partial charge in [-0.2, -0.15) is 0 Å². The molecule has 0 fully saturated rings. The van der Waals surface area contributed by atoms with E-state index in [-0.39, 0.29) is 11.9 Å². The zero-order chi connectivity index (χ0) is 15.0. The maximum atomic E-state index is 13.1. The molecule has 2 nitrogen and oxygen atoms in total. The van der Waals surface area contributed by atoms with E-state index in [1.165, 1.54) is 12.1 Å². The fourth-order valence-corrected chi connectivity index (χ4v) is 3.16. The Morgan fingerprint density at radius 3 is 2.67 bits per heavy atom. The summed E-state index contributed by atoms with van der Waals surface area (Å²) in [6, 6.07) is 7.66. The summed E-state index contributed by atoms with van der Waals surface area (Å²) in [5.74, 6) is 0.257. The van der Waals surface area contributed by atoms with Crippen LogP contribution in [0, 0.1) is 5.82 Å². The molecule has 1 atom stereocenters. The fraction of sp³-hybridized carbons (Fsp3) is 0.200. The Bertz CT molecular complexity index is 693. The largest absolute Gasteiger partial charge is 0.492 e. The second-order valence-electron chi connectivity index (χ2n) is 4.76. The minimum atomic E-state index is -0.371. The van der Waals surface area contributed by atoms with Crippen LogP contribution in [0.3, 0.4) is 0 Å². The third-order valence-electron chi connectivity index (χ3n) is 3.33. The van der Waals surface area contributed by atoms with Crippen molar-refractivity contribution in [1.29, 1.82) is 0 Å². The topological polar surface area (TPSA) is 21.3 Å². The first-order chi connectivity index (χ1) is 10.0. The van der Waals surface area contributed by atoms with Crippen LogP contribution in [-0.2, 0) is 0 Å². The molecule has 21 heavy (non-hydrogen) atoms. The van der Waals surface area contributed by atoms with Crippen molar-refractivity contribution in [3.8, 4) is 5.75 Å². The number of rotatable bonds is 2. The van der Waals surface area contributed by atoms with Crippen LogP contribution in [0.4, 0.5) is 10.1 Å². The third-order valence-corrected chi connectivity index (χ3v) is 4.14. The predicted octanol–water partition coefficient (Wildman–Crippen LogP) is 5.72. The molecule has 1 N–H and O–H groups in total. The molecule has 3 rings (SSSR count). The minimum Gasteiger partial charge on any atom is -0.492 e. The van der Waals surface area contributed by atoms with Gasteiger partial charge >= 0.3 is 0 Å². The van der Waals surface area contributed by atoms with E-state index in [1.807, 2.05) is 6.07 Å². The van der Waals surface area contributed by atoms with E-state index in [4.69, 9.17) is 39.5 Å². The van der Waals surface area contributed by atoms with E-state index in [1.54, 1.807) is 12.1 Å². The number of hydrogen-bond donors (Lipinski definition) is 1. The van der Waals surface area contributed by atoms with Gasteiger partial charge in [-0.25, -0.2) is 4.39 Å². The van der Waals surface area contributed by atoms with Crippen molar-refractivity contribution in [3.05, 3.63) is 56.8 Å². The lowest BCUT2D eigenvalue weighted by Crippen LogP contribution is -2.20. The summed E-state index contributed by atoms with van der Waals surface area (Å²) in [4.78, 5) is 0. The van der Waals surface area contributed by atoms with Gasteiger partial charge in [-0.3, -0.25) is 0 Å². The number of halogens is 4. The molecule has 0 amide bonds. The quantitative estimate of drug-likeness (QED) is 0.750. The zero-order valence-electron chi connectivity index (χ0n) is 10.8. The number of fused-ring (bicyclic) bond motifs is 1. The van der Waals surface area contributed by atoms with Gasteiger partial charge in [0, 0.05) is 17.0 Å². The molecule has 2 aromatic rings. The van der Waals surface area contributed by atoms with Crippen molar-refractivity contribution < 1.29 is 9.13 Å². The molecule has 2 aromatic carbocycles. The van der Waals surface area contributed by atoms with Crippen LogP contribution >= 0.6 is 34.8 Å². The Morgan fingerprint density at radius 1 is 1.10 bits per heavy atom. The maximum Gasteiger partial charge on any atom is 0.143 e. The highest BCUT2D eigenvalue weighted by molar-refractivity contribution is 6.35. The van der Waals surface area contributed by atoms with Crippen molar-refractivity contribution in [2.75, 3.05) is 11.9 Å². The normalized spacial score (nSPS) is 17.0. The Morgan fingerprint density at radius 2 is 1.90 bits per heavy atom. The van der Waals surface area contributed by atoms with Gasteiger partial charge in [0.25, 0.3) is 0 Å². The van der Waals surface area contributed by atoms with E-state index in [2.05, 4.69) is 5.32 Å². The van der Waals surface area contributed by atoms with Gasteiger partial charge in [-0.1, -0.05) is 34.8 Å². The van der Waals surface area contributed by atoms with Gasteiger partial charge in [0.1, 0.15) is 11.6 Å². The van der Waals surface area contributed by atoms with Crippen LogP contribution in [0.2, 0.25) is 15.1 Å². The highest BCUT2D eigenvalue weighted by Crippen LogP contribution is 2.41. The third kappa shape index (κ3) is 3.05. The van der Waals surface area contributed by atoms with Crippen LogP contribution in [0.25, 0.3) is 0 Å². The van der Waals surface area contributed by atoms with Crippen molar-refractivity contribution in [3.63, 3.8) is 0 Å². The second kappa shape index (κ2) is 5.91. The summed E-state index contributed by atoms with van der Waals surface area (Å²) in [5, 5.41) is 4.64. The minimum absolute atomic E-state index is 0.0482. The Hall–Kier alpha value is -1.16. The van der Waals surface area contributed by atoms with Crippen LogP contribution < -0.4 is 10.1 Å². The number of ether oxygens (including phenoxy) is 1. The molecule has 110 valence electrons. The smallest absolute Gasteiger partial charge is 0.143 e. The molecule has 0 saturated carbocycles. The van der Waals surface area contributed by atoms with Crippen molar-refractivity contribution in [2.24, 2.45) is 0 Å². The second-order valence-corrected chi connectivity index (χ2v) is 6.02. The summed E-state index contributed by atoms with van der Waals surface area (Å²) in [5.41, 5.74) is 1.53. The first-order valence-electron chi connectivity index (χ1n) is 6.38. The van der Waals surface area contributed by atoms with Gasteiger partial charge < -0.3 is 10.1 Å². The maximum absolute atomic E-state index is 13.1. The lowest BCUT2D eigenvalue weighted by molar-refractivity contribution is 0.274. The van der Waals surface area contributed by atoms with E-state index < -0.39 is 0 Å². The van der Waals surface area contributed by atoms with Crippen molar-refractivity contribution >= 4 is 40.5 Å². The SMILES string of the molecule is Fc1ccc(NC2CCOc3c(Cl)cc(Cl)cc32)c(Cl)c1. The molecule has 0 bridgehead atoms. The monoisotopic (exact) mass is 345 g/mol. The van der Waals surface area contributed by atoms with E-state index >= 15 is 0 Å². The molecule has 1 unspecified atom stereocenters. The lowest BCUT2D eigenvalue weighted by Gasteiger charge is -2.28. The van der Waals surface area contributed by atoms with E-state index in [9.17, 15) is 4.39 Å². The Labute approximate surface area is 136 Å². The molecule has 6 heteroatoms. The first-order valence-corrected chi connectivity index (χ1v) is 7.51. The van der Waals surface area contributed by atoms with E-state index in [0.717, 1.165) is 12.0 Å². The Kier molecular flexibility index (Phi) is 4.16. The molecular formula is C15H11Cl3FNO. The summed E-state index contributed by atoms with van der Waals surface area (Å²) < 4.78 is 18.7. The molecule has 1 aliphatic heterocycles. The van der Waals surface area contributed by atoms with Gasteiger partial charge in [-0.15, -0.1) is 0 Å². The molecule has 0 spiro atoms. The van der Waals surface area contributed by atoms with E-state index in [0.29, 0.717) is 33.1 Å². The highest BCUT2D eigenvalue weighted by atomic mass is 35.5. The van der Waals surface area contributed by atoms with Crippen LogP contribution in [0.1, 0.15) is 18.0 Å². The molecule has 0 aromatic heterocycles. The van der Waals surface area contributed by atoms with Crippen LogP contribution in [0.15, 0.2) is 30.3 Å². The number of nitrogens with one attached hydrogen (secondary N) is 1. The number of benzene rings is 2. The summed E-state index contributed by atoms with van der Waals surface area (Å²) in [7, 11) is 0. The number of hydrogen-bond acceptors (Lipinski definition) is 2. The molecule has 0 aliphatic carbocycles. The molecule has 0 saturated heterocycles. The lowest BCUT2D eigenvalue weighted by atomic mass is 10.00. The Balaban J connectivity index is 1.95. The zero-order valence-corrected chi connectivity index (χ0v) is 13.1. The number of anilines is 1. The van der Waals surface area contributed by atoms with Gasteiger partial charge in [0.15, 0.2) is 0 Å². The predicted molar refractivity (Wildman–Crippen MR) is 84.3 cm³/mol. The molecule has 1 aliphatic rings. The summed E-state index contributed by atoms with van der Waals surface area (Å²) in [6.45, 7) is 0.533. The molecule has 0 radical (unpaired) electrons. The van der Waals surface area contributed by atoms with Gasteiger partial charge in [-0.05, 0) is 30.3 Å². The van der Waals surface area contributed by atoms with Crippen molar-refractivity contribution in [2.45, 2.75) is 12.5 Å². The average Bonchev–Trinajstić information content (AvgIpc) is 2.42. The summed E-state index contributed by atoms with van der Waals surface area (Å²) >= 11 is 18.3. The standard InChI is InChI=1S/C15H11Cl3FNO/c16-8-5-10-13(3-4-21-15(10)12(18)6-8)20-14-2-1-9(19)7-11(14)17/h1-2,5-7,13,20H,3-4H2. The first kappa shape index (κ1) is 14.8. The summed E-state index contributed by atoms with van der Waals surface area (Å²) in [6.07, 6.45) is 0.734. The van der Waals surface area contributed by atoms with Crippen LogP contribution in [-0.4, -0.2) is 6.61 Å². The fourth-order valence-electron chi connectivity index (χ4n) is 2.37. The van der Waals surface area contributed by atoms with Crippen LogP contribution in [0.5, 0.6) is 5.75 Å². The molecular weight excluding hydrogens is 336 g/mol.